The quantitative estimate of drug-likeness (QED) is 0.143. The van der Waals surface area contributed by atoms with Gasteiger partial charge in [-0.25, -0.2) is 0 Å². The lowest BCUT2D eigenvalue weighted by Gasteiger charge is -2.66. The minimum absolute atomic E-state index is 0.0754. The molecule has 4 fully saturated rings. The summed E-state index contributed by atoms with van der Waals surface area (Å²) >= 11 is 0. The van der Waals surface area contributed by atoms with Crippen molar-refractivity contribution in [2.75, 3.05) is 7.11 Å². The molecule has 0 heterocycles. The first-order valence-electron chi connectivity index (χ1n) is 19.0. The highest BCUT2D eigenvalue weighted by molar-refractivity contribution is 6.71. The van der Waals surface area contributed by atoms with Crippen LogP contribution in [0.5, 0.6) is 0 Å². The van der Waals surface area contributed by atoms with E-state index in [0.717, 1.165) is 12.5 Å². The number of carbonyl (C=O) groups is 1. The third kappa shape index (κ3) is 7.76. The summed E-state index contributed by atoms with van der Waals surface area (Å²) < 4.78 is 27.0. The Bertz CT molecular complexity index is 1020. The fourth-order valence-corrected chi connectivity index (χ4v) is 14.4. The molecule has 0 radical (unpaired) electrons. The van der Waals surface area contributed by atoms with Crippen molar-refractivity contribution in [1.82, 2.24) is 0 Å². The van der Waals surface area contributed by atoms with Crippen LogP contribution in [-0.4, -0.2) is 56.3 Å². The number of methoxy groups -OCH3 is 1. The first-order chi connectivity index (χ1) is 20.9. The SMILES string of the molecule is CC[Si](C)(C)O[C@H]1CC[C@@]2(C)[C@H](C1)C[C@@H](O[Si](C)(C)CC)[C@@H]1[C@@H]2C[C@@H](O[Si](C)(C)CC)[C@]2(C)[C@@H]([C@H](C)CCC(=O)OC)CC[C@@H]12. The number of carbonyl (C=O) groups excluding carboxylic acids is 1. The zero-order chi connectivity index (χ0) is 33.6. The van der Waals surface area contributed by atoms with Gasteiger partial charge in [-0.05, 0) is 155 Å². The van der Waals surface area contributed by atoms with Gasteiger partial charge in [-0.3, -0.25) is 4.79 Å². The van der Waals surface area contributed by atoms with E-state index in [1.165, 1.54) is 64.1 Å². The molecule has 0 aromatic carbocycles. The second-order valence-corrected chi connectivity index (χ2v) is 31.6. The normalized spacial score (nSPS) is 39.5. The van der Waals surface area contributed by atoms with Crippen LogP contribution in [0.1, 0.15) is 99.3 Å². The number of rotatable bonds is 13. The standard InChI is InChI=1S/C37H72O5Si3/c1-14-43(8,9)40-28-21-22-36(5)27(23-28)24-32(41-44(10,11)15-2)35-30-19-18-29(26(4)17-20-34(38)39-7)37(30,6)33(25-31(35)36)42-45(12,13)16-3/h26-33,35H,14-25H2,1-13H3/t26-,27-,28+,29-,30+,31+,32-,33-,35+,36+,37-/m1/s1. The smallest absolute Gasteiger partial charge is 0.305 e. The van der Waals surface area contributed by atoms with Crippen molar-refractivity contribution in [1.29, 1.82) is 0 Å². The molecule has 0 aromatic rings. The summed E-state index contributed by atoms with van der Waals surface area (Å²) in [6.07, 6.45) is 11.1. The van der Waals surface area contributed by atoms with Gasteiger partial charge in [0.25, 0.3) is 0 Å². The summed E-state index contributed by atoms with van der Waals surface area (Å²) in [7, 11) is -3.69. The van der Waals surface area contributed by atoms with Crippen molar-refractivity contribution >= 4 is 30.9 Å². The van der Waals surface area contributed by atoms with E-state index >= 15 is 0 Å². The highest BCUT2D eigenvalue weighted by atomic mass is 28.4. The fraction of sp³-hybridized carbons (Fsp3) is 0.973. The average Bonchev–Trinajstić information content (AvgIpc) is 3.34. The van der Waals surface area contributed by atoms with Gasteiger partial charge in [0, 0.05) is 18.6 Å². The Kier molecular flexibility index (Phi) is 11.8. The highest BCUT2D eigenvalue weighted by Gasteiger charge is 2.67. The zero-order valence-electron chi connectivity index (χ0n) is 31.7. The Labute approximate surface area is 281 Å². The number of hydrogen-bond acceptors (Lipinski definition) is 5. The van der Waals surface area contributed by atoms with E-state index in [4.69, 9.17) is 18.0 Å². The van der Waals surface area contributed by atoms with E-state index in [1.54, 1.807) is 0 Å². The van der Waals surface area contributed by atoms with Gasteiger partial charge in [0.2, 0.25) is 0 Å². The summed E-state index contributed by atoms with van der Waals surface area (Å²) in [6, 6.07) is 3.51. The minimum atomic E-state index is -1.82. The minimum Gasteiger partial charge on any atom is -0.469 e. The molecule has 0 aromatic heterocycles. The van der Waals surface area contributed by atoms with Crippen molar-refractivity contribution in [3.05, 3.63) is 0 Å². The van der Waals surface area contributed by atoms with Gasteiger partial charge in [0.1, 0.15) is 0 Å². The Morgan fingerprint density at radius 3 is 2.00 bits per heavy atom. The van der Waals surface area contributed by atoms with Crippen molar-refractivity contribution in [3.63, 3.8) is 0 Å². The van der Waals surface area contributed by atoms with Crippen molar-refractivity contribution in [2.45, 2.75) is 175 Å². The summed E-state index contributed by atoms with van der Waals surface area (Å²) in [5.74, 6) is 3.45. The van der Waals surface area contributed by atoms with Crippen LogP contribution in [0.4, 0.5) is 0 Å². The van der Waals surface area contributed by atoms with Gasteiger partial charge in [0.05, 0.1) is 13.2 Å². The average molecular weight is 681 g/mol. The lowest BCUT2D eigenvalue weighted by molar-refractivity contribution is -0.199. The molecule has 45 heavy (non-hydrogen) atoms. The molecule has 0 N–H and O–H groups in total. The van der Waals surface area contributed by atoms with Gasteiger partial charge in [-0.1, -0.05) is 41.5 Å². The number of ether oxygens (including phenoxy) is 1. The molecule has 4 rings (SSSR count). The third-order valence-corrected chi connectivity index (χ3v) is 22.4. The summed E-state index contributed by atoms with van der Waals surface area (Å²) in [6.45, 7) is 29.3. The van der Waals surface area contributed by atoms with E-state index < -0.39 is 25.0 Å². The van der Waals surface area contributed by atoms with Gasteiger partial charge in [0.15, 0.2) is 25.0 Å². The molecule has 0 amide bonds. The summed E-state index contributed by atoms with van der Waals surface area (Å²) in [5, 5.41) is 0. The van der Waals surface area contributed by atoms with Crippen LogP contribution in [0, 0.1) is 46.3 Å². The maximum Gasteiger partial charge on any atom is 0.305 e. The Morgan fingerprint density at radius 1 is 0.800 bits per heavy atom. The molecular weight excluding hydrogens is 609 g/mol. The van der Waals surface area contributed by atoms with E-state index in [9.17, 15) is 4.79 Å². The largest absolute Gasteiger partial charge is 0.469 e. The van der Waals surface area contributed by atoms with E-state index in [-0.39, 0.29) is 17.5 Å². The second-order valence-electron chi connectivity index (χ2n) is 18.2. The maximum atomic E-state index is 12.2. The lowest BCUT2D eigenvalue weighted by Crippen LogP contribution is -2.65. The molecule has 0 aliphatic heterocycles. The van der Waals surface area contributed by atoms with Crippen LogP contribution in [-0.2, 0) is 22.8 Å². The van der Waals surface area contributed by atoms with Gasteiger partial charge < -0.3 is 18.0 Å². The van der Waals surface area contributed by atoms with Gasteiger partial charge in [-0.2, -0.15) is 0 Å². The van der Waals surface area contributed by atoms with Crippen LogP contribution in [0.2, 0.25) is 57.4 Å². The molecule has 0 spiro atoms. The molecular formula is C37H72O5Si3. The monoisotopic (exact) mass is 680 g/mol. The Hall–Kier alpha value is 0.000649. The topological polar surface area (TPSA) is 54.0 Å². The summed E-state index contributed by atoms with van der Waals surface area (Å²) in [5.41, 5.74) is 0.422. The first-order valence-corrected chi connectivity index (χ1v) is 28.3. The molecule has 11 atom stereocenters. The zero-order valence-corrected chi connectivity index (χ0v) is 34.7. The lowest BCUT2D eigenvalue weighted by atomic mass is 9.43. The molecule has 4 aliphatic carbocycles. The predicted molar refractivity (Wildman–Crippen MR) is 195 cm³/mol. The van der Waals surface area contributed by atoms with E-state index in [1.807, 2.05) is 0 Å². The van der Waals surface area contributed by atoms with Gasteiger partial charge in [-0.15, -0.1) is 0 Å². The van der Waals surface area contributed by atoms with Crippen LogP contribution >= 0.6 is 0 Å². The molecule has 0 saturated heterocycles. The van der Waals surface area contributed by atoms with Gasteiger partial charge >= 0.3 is 5.97 Å². The molecule has 5 nitrogen and oxygen atoms in total. The van der Waals surface area contributed by atoms with Crippen molar-refractivity contribution < 1.29 is 22.8 Å². The molecule has 0 unspecified atom stereocenters. The van der Waals surface area contributed by atoms with Crippen LogP contribution in [0.3, 0.4) is 0 Å². The van der Waals surface area contributed by atoms with Crippen molar-refractivity contribution in [3.8, 4) is 0 Å². The van der Waals surface area contributed by atoms with Crippen LogP contribution in [0.15, 0.2) is 0 Å². The van der Waals surface area contributed by atoms with E-state index in [0.29, 0.717) is 59.6 Å². The third-order valence-electron chi connectivity index (χ3n) is 14.4. The highest BCUT2D eigenvalue weighted by Crippen LogP contribution is 2.70. The molecule has 0 bridgehead atoms. The van der Waals surface area contributed by atoms with Crippen LogP contribution in [0.25, 0.3) is 0 Å². The molecule has 4 aliphatic rings. The maximum absolute atomic E-state index is 12.2. The predicted octanol–water partition coefficient (Wildman–Crippen LogP) is 10.3. The summed E-state index contributed by atoms with van der Waals surface area (Å²) in [4.78, 5) is 12.2. The second kappa shape index (κ2) is 14.1. The fourth-order valence-electron chi connectivity index (χ4n) is 10.6. The Morgan fingerprint density at radius 2 is 1.40 bits per heavy atom. The Balaban J connectivity index is 1.74. The van der Waals surface area contributed by atoms with E-state index in [2.05, 4.69) is 80.8 Å². The number of esters is 1. The van der Waals surface area contributed by atoms with Crippen molar-refractivity contribution in [2.24, 2.45) is 46.3 Å². The number of fused-ring (bicyclic) bond motifs is 5. The molecule has 8 heteroatoms. The molecule has 4 saturated carbocycles. The first kappa shape index (κ1) is 37.8. The molecule has 262 valence electrons. The van der Waals surface area contributed by atoms with Crippen LogP contribution < -0.4 is 0 Å². The number of hydrogen-bond donors (Lipinski definition) is 0.